The van der Waals surface area contributed by atoms with Crippen LogP contribution < -0.4 is 5.56 Å². The van der Waals surface area contributed by atoms with E-state index in [2.05, 4.69) is 4.98 Å². The van der Waals surface area contributed by atoms with Crippen LogP contribution in [0.4, 0.5) is 4.39 Å². The van der Waals surface area contributed by atoms with Crippen LogP contribution in [0.3, 0.4) is 0 Å². The summed E-state index contributed by atoms with van der Waals surface area (Å²) in [5.41, 5.74) is 0.371. The number of aromatic nitrogens is 2. The summed E-state index contributed by atoms with van der Waals surface area (Å²) in [5.74, 6) is -0.306. The highest BCUT2D eigenvalue weighted by atomic mass is 32.1. The summed E-state index contributed by atoms with van der Waals surface area (Å²) in [5, 5.41) is 0.616. The quantitative estimate of drug-likeness (QED) is 0.742. The molecule has 0 radical (unpaired) electrons. The molecule has 0 aliphatic heterocycles. The maximum absolute atomic E-state index is 13.6. The fourth-order valence-corrected chi connectivity index (χ4v) is 3.03. The fraction of sp³-hybridized carbons (Fsp3) is 0.200. The molecule has 102 valence electrons. The first-order valence-electron chi connectivity index (χ1n) is 6.40. The highest BCUT2D eigenvalue weighted by molar-refractivity contribution is 7.18. The number of hydrogen-bond acceptors (Lipinski definition) is 3. The second-order valence-electron chi connectivity index (χ2n) is 4.55. The van der Waals surface area contributed by atoms with Crippen LogP contribution in [-0.2, 0) is 13.0 Å². The van der Waals surface area contributed by atoms with E-state index in [0.717, 1.165) is 16.1 Å². The minimum atomic E-state index is -0.306. The van der Waals surface area contributed by atoms with E-state index in [1.807, 2.05) is 13.0 Å². The van der Waals surface area contributed by atoms with E-state index >= 15 is 0 Å². The fourth-order valence-electron chi connectivity index (χ4n) is 2.11. The maximum atomic E-state index is 13.6. The number of aryl methyl sites for hydroxylation is 1. The molecule has 0 atom stereocenters. The van der Waals surface area contributed by atoms with Crippen molar-refractivity contribution in [3.8, 4) is 0 Å². The number of nitrogens with zero attached hydrogens (tertiary/aromatic N) is 2. The van der Waals surface area contributed by atoms with Crippen molar-refractivity contribution in [3.63, 3.8) is 0 Å². The molecule has 3 nitrogen and oxygen atoms in total. The summed E-state index contributed by atoms with van der Waals surface area (Å²) in [6.07, 6.45) is 2.38. The first-order chi connectivity index (χ1) is 9.69. The van der Waals surface area contributed by atoms with E-state index in [9.17, 15) is 9.18 Å². The zero-order valence-electron chi connectivity index (χ0n) is 11.0. The molecule has 3 aromatic rings. The average molecular weight is 288 g/mol. The minimum absolute atomic E-state index is 0.116. The second-order valence-corrected chi connectivity index (χ2v) is 5.67. The van der Waals surface area contributed by atoms with Gasteiger partial charge in [-0.05, 0) is 18.6 Å². The Morgan fingerprint density at radius 2 is 2.15 bits per heavy atom. The van der Waals surface area contributed by atoms with E-state index in [1.54, 1.807) is 18.2 Å². The van der Waals surface area contributed by atoms with Crippen LogP contribution in [0, 0.1) is 5.82 Å². The van der Waals surface area contributed by atoms with Crippen molar-refractivity contribution in [2.24, 2.45) is 0 Å². The molecule has 5 heteroatoms. The Hall–Kier alpha value is -2.01. The van der Waals surface area contributed by atoms with Gasteiger partial charge in [0.2, 0.25) is 0 Å². The van der Waals surface area contributed by atoms with Gasteiger partial charge in [0, 0.05) is 10.4 Å². The van der Waals surface area contributed by atoms with Gasteiger partial charge in [0.1, 0.15) is 10.6 Å². The summed E-state index contributed by atoms with van der Waals surface area (Å²) in [6.45, 7) is 2.24. The summed E-state index contributed by atoms with van der Waals surface area (Å²) in [7, 11) is 0. The molecule has 0 fully saturated rings. The van der Waals surface area contributed by atoms with Crippen molar-refractivity contribution >= 4 is 21.6 Å². The monoisotopic (exact) mass is 288 g/mol. The topological polar surface area (TPSA) is 34.9 Å². The van der Waals surface area contributed by atoms with Crippen LogP contribution in [0.25, 0.3) is 10.2 Å². The lowest BCUT2D eigenvalue weighted by Gasteiger charge is -2.06. The molecule has 20 heavy (non-hydrogen) atoms. The Morgan fingerprint density at radius 3 is 2.90 bits per heavy atom. The van der Waals surface area contributed by atoms with Crippen LogP contribution >= 0.6 is 11.3 Å². The van der Waals surface area contributed by atoms with Gasteiger partial charge < -0.3 is 0 Å². The molecule has 0 saturated carbocycles. The summed E-state index contributed by atoms with van der Waals surface area (Å²) >= 11 is 1.53. The van der Waals surface area contributed by atoms with Crippen LogP contribution in [0.2, 0.25) is 0 Å². The number of rotatable bonds is 3. The number of benzene rings is 1. The van der Waals surface area contributed by atoms with Gasteiger partial charge in [-0.25, -0.2) is 9.37 Å². The van der Waals surface area contributed by atoms with Crippen LogP contribution in [0.1, 0.15) is 17.4 Å². The molecule has 3 rings (SSSR count). The SMILES string of the molecule is CCc1cc2c(=O)n(Cc3ccccc3F)cnc2s1. The maximum Gasteiger partial charge on any atom is 0.262 e. The Balaban J connectivity index is 2.06. The lowest BCUT2D eigenvalue weighted by Crippen LogP contribution is -2.20. The van der Waals surface area contributed by atoms with Crippen LogP contribution in [-0.4, -0.2) is 9.55 Å². The highest BCUT2D eigenvalue weighted by Crippen LogP contribution is 2.21. The smallest absolute Gasteiger partial charge is 0.262 e. The van der Waals surface area contributed by atoms with Gasteiger partial charge in [0.15, 0.2) is 0 Å². The zero-order chi connectivity index (χ0) is 14.1. The van der Waals surface area contributed by atoms with Crippen LogP contribution in [0.5, 0.6) is 0 Å². The van der Waals surface area contributed by atoms with Gasteiger partial charge in [-0.15, -0.1) is 11.3 Å². The number of fused-ring (bicyclic) bond motifs is 1. The minimum Gasteiger partial charge on any atom is -0.294 e. The zero-order valence-corrected chi connectivity index (χ0v) is 11.8. The predicted molar refractivity (Wildman–Crippen MR) is 78.8 cm³/mol. The normalized spacial score (nSPS) is 11.1. The lowest BCUT2D eigenvalue weighted by atomic mass is 10.2. The lowest BCUT2D eigenvalue weighted by molar-refractivity contribution is 0.595. The Morgan fingerprint density at radius 1 is 1.35 bits per heavy atom. The van der Waals surface area contributed by atoms with Crippen molar-refractivity contribution in [1.29, 1.82) is 0 Å². The molecule has 0 unspecified atom stereocenters. The molecule has 0 bridgehead atoms. The first kappa shape index (κ1) is 13.0. The molecule has 0 aliphatic rings. The molecule has 1 aromatic carbocycles. The van der Waals surface area contributed by atoms with Gasteiger partial charge in [0.25, 0.3) is 5.56 Å². The molecule has 2 aromatic heterocycles. The number of halogens is 1. The van der Waals surface area contributed by atoms with Gasteiger partial charge in [-0.1, -0.05) is 25.1 Å². The average Bonchev–Trinajstić information content (AvgIpc) is 2.88. The predicted octanol–water partition coefficient (Wildman–Crippen LogP) is 3.21. The van der Waals surface area contributed by atoms with E-state index in [0.29, 0.717) is 10.9 Å². The standard InChI is InChI=1S/C15H13FN2OS/c1-2-11-7-12-14(20-11)17-9-18(15(12)19)8-10-5-3-4-6-13(10)16/h3-7,9H,2,8H2,1H3. The van der Waals surface area contributed by atoms with Crippen molar-refractivity contribution in [3.05, 3.63) is 63.3 Å². The molecule has 2 heterocycles. The number of thiophene rings is 1. The third kappa shape index (κ3) is 2.25. The van der Waals surface area contributed by atoms with E-state index in [4.69, 9.17) is 0 Å². The summed E-state index contributed by atoms with van der Waals surface area (Å²) in [6, 6.07) is 8.35. The molecule has 0 spiro atoms. The summed E-state index contributed by atoms with van der Waals surface area (Å²) in [4.78, 5) is 18.6. The molecule has 0 saturated heterocycles. The Kier molecular flexibility index (Phi) is 3.36. The highest BCUT2D eigenvalue weighted by Gasteiger charge is 2.09. The molecule has 0 amide bonds. The first-order valence-corrected chi connectivity index (χ1v) is 7.22. The third-order valence-electron chi connectivity index (χ3n) is 3.22. The van der Waals surface area contributed by atoms with E-state index in [-0.39, 0.29) is 17.9 Å². The van der Waals surface area contributed by atoms with Crippen molar-refractivity contribution in [1.82, 2.24) is 9.55 Å². The largest absolute Gasteiger partial charge is 0.294 e. The Labute approximate surface area is 119 Å². The Bertz CT molecular complexity index is 822. The second kappa shape index (κ2) is 5.17. The molecule has 0 aliphatic carbocycles. The van der Waals surface area contributed by atoms with Gasteiger partial charge >= 0.3 is 0 Å². The van der Waals surface area contributed by atoms with Gasteiger partial charge in [0.05, 0.1) is 18.3 Å². The van der Waals surface area contributed by atoms with Crippen LogP contribution in [0.15, 0.2) is 41.5 Å². The van der Waals surface area contributed by atoms with Gasteiger partial charge in [-0.3, -0.25) is 9.36 Å². The molecular weight excluding hydrogens is 275 g/mol. The molecule has 0 N–H and O–H groups in total. The van der Waals surface area contributed by atoms with Gasteiger partial charge in [-0.2, -0.15) is 0 Å². The van der Waals surface area contributed by atoms with Crippen molar-refractivity contribution in [2.75, 3.05) is 0 Å². The van der Waals surface area contributed by atoms with Crippen molar-refractivity contribution in [2.45, 2.75) is 19.9 Å². The van der Waals surface area contributed by atoms with Crippen molar-refractivity contribution < 1.29 is 4.39 Å². The third-order valence-corrected chi connectivity index (χ3v) is 4.40. The summed E-state index contributed by atoms with van der Waals surface area (Å²) < 4.78 is 15.1. The molecular formula is C15H13FN2OS. The van der Waals surface area contributed by atoms with E-state index in [1.165, 1.54) is 28.3 Å². The number of hydrogen-bond donors (Lipinski definition) is 0. The van der Waals surface area contributed by atoms with E-state index < -0.39 is 0 Å².